The van der Waals surface area contributed by atoms with Gasteiger partial charge in [-0.05, 0) is 53.4 Å². The molecule has 0 aromatic carbocycles. The van der Waals surface area contributed by atoms with Crippen molar-refractivity contribution < 1.29 is 0 Å². The van der Waals surface area contributed by atoms with Crippen LogP contribution in [0.1, 0.15) is 30.5 Å². The number of likely N-dealkylation sites (N-methyl/N-ethyl adjacent to an activating group) is 2. The van der Waals surface area contributed by atoms with Gasteiger partial charge in [-0.1, -0.05) is 6.08 Å². The number of likely N-dealkylation sites (tertiary alicyclic amines) is 1. The summed E-state index contributed by atoms with van der Waals surface area (Å²) in [5.41, 5.74) is 3.02. The molecule has 2 aliphatic heterocycles. The predicted molar refractivity (Wildman–Crippen MR) is 99.1 cm³/mol. The van der Waals surface area contributed by atoms with Crippen molar-refractivity contribution in [3.8, 4) is 0 Å². The van der Waals surface area contributed by atoms with E-state index >= 15 is 0 Å². The molecule has 2 saturated heterocycles. The average Bonchev–Trinajstić information content (AvgIpc) is 2.83. The first kappa shape index (κ1) is 17.6. The summed E-state index contributed by atoms with van der Waals surface area (Å²) in [5, 5.41) is 4.49. The summed E-state index contributed by atoms with van der Waals surface area (Å²) in [6.07, 6.45) is 7.78. The van der Waals surface area contributed by atoms with Crippen LogP contribution in [0.5, 0.6) is 0 Å². The van der Waals surface area contributed by atoms with Crippen molar-refractivity contribution in [2.75, 3.05) is 46.8 Å². The van der Waals surface area contributed by atoms with Crippen LogP contribution in [0.4, 0.5) is 0 Å². The summed E-state index contributed by atoms with van der Waals surface area (Å²) in [4.78, 5) is 7.77. The van der Waals surface area contributed by atoms with Gasteiger partial charge in [-0.25, -0.2) is 0 Å². The fourth-order valence-electron chi connectivity index (χ4n) is 4.37. The lowest BCUT2D eigenvalue weighted by atomic mass is 9.85. The second kappa shape index (κ2) is 7.38. The molecule has 3 heterocycles. The number of rotatable bonds is 4. The molecule has 5 nitrogen and oxygen atoms in total. The van der Waals surface area contributed by atoms with E-state index < -0.39 is 0 Å². The third-order valence-electron chi connectivity index (χ3n) is 6.09. The molecule has 0 radical (unpaired) electrons. The third-order valence-corrected chi connectivity index (χ3v) is 6.09. The molecule has 0 N–H and O–H groups in total. The van der Waals surface area contributed by atoms with Crippen LogP contribution >= 0.6 is 0 Å². The molecular formula is C19H33N5. The highest BCUT2D eigenvalue weighted by molar-refractivity contribution is 5.16. The molecule has 0 unspecified atom stereocenters. The summed E-state index contributed by atoms with van der Waals surface area (Å²) < 4.78 is 2.04. The summed E-state index contributed by atoms with van der Waals surface area (Å²) in [6.45, 7) is 13.9. The Morgan fingerprint density at radius 2 is 1.96 bits per heavy atom. The molecule has 0 saturated carbocycles. The third kappa shape index (κ3) is 3.58. The number of hydrogen-bond donors (Lipinski definition) is 0. The SMILES string of the molecule is C=CCn1ncc(CN2CCC3(CC2)CN(C)CCCN3C)c1C. The zero-order valence-electron chi connectivity index (χ0n) is 15.7. The summed E-state index contributed by atoms with van der Waals surface area (Å²) >= 11 is 0. The quantitative estimate of drug-likeness (QED) is 0.789. The van der Waals surface area contributed by atoms with Crippen molar-refractivity contribution in [3.05, 3.63) is 30.1 Å². The van der Waals surface area contributed by atoms with Crippen LogP contribution in [-0.4, -0.2) is 76.8 Å². The monoisotopic (exact) mass is 331 g/mol. The normalized spacial score (nSPS) is 23.5. The van der Waals surface area contributed by atoms with Crippen LogP contribution in [0, 0.1) is 6.92 Å². The van der Waals surface area contributed by atoms with Crippen LogP contribution < -0.4 is 0 Å². The highest BCUT2D eigenvalue weighted by Crippen LogP contribution is 2.31. The lowest BCUT2D eigenvalue weighted by Gasteiger charge is -2.47. The Morgan fingerprint density at radius 1 is 1.21 bits per heavy atom. The Balaban J connectivity index is 1.61. The summed E-state index contributed by atoms with van der Waals surface area (Å²) in [6, 6.07) is 0. The molecule has 5 heteroatoms. The molecule has 2 fully saturated rings. The van der Waals surface area contributed by atoms with Gasteiger partial charge < -0.3 is 4.90 Å². The minimum absolute atomic E-state index is 0.379. The van der Waals surface area contributed by atoms with E-state index in [0.717, 1.165) is 13.1 Å². The van der Waals surface area contributed by atoms with Crippen molar-refractivity contribution >= 4 is 0 Å². The van der Waals surface area contributed by atoms with Gasteiger partial charge in [0, 0.05) is 43.0 Å². The Kier molecular flexibility index (Phi) is 5.42. The van der Waals surface area contributed by atoms with Gasteiger partial charge in [0.05, 0.1) is 12.7 Å². The van der Waals surface area contributed by atoms with Gasteiger partial charge in [0.15, 0.2) is 0 Å². The van der Waals surface area contributed by atoms with Gasteiger partial charge in [-0.15, -0.1) is 6.58 Å². The highest BCUT2D eigenvalue weighted by Gasteiger charge is 2.40. The van der Waals surface area contributed by atoms with Crippen LogP contribution in [-0.2, 0) is 13.1 Å². The second-order valence-corrected chi connectivity index (χ2v) is 7.74. The molecule has 2 aliphatic rings. The zero-order valence-corrected chi connectivity index (χ0v) is 15.7. The van der Waals surface area contributed by atoms with E-state index in [1.165, 1.54) is 63.2 Å². The largest absolute Gasteiger partial charge is 0.304 e. The van der Waals surface area contributed by atoms with Gasteiger partial charge in [0.25, 0.3) is 0 Å². The van der Waals surface area contributed by atoms with Gasteiger partial charge in [0.2, 0.25) is 0 Å². The van der Waals surface area contributed by atoms with Crippen LogP contribution in [0.3, 0.4) is 0 Å². The maximum Gasteiger partial charge on any atom is 0.0590 e. The number of aromatic nitrogens is 2. The fourth-order valence-corrected chi connectivity index (χ4v) is 4.37. The molecule has 1 aromatic heterocycles. The standard InChI is InChI=1S/C19H33N5/c1-5-9-24-17(2)18(14-20-24)15-23-12-7-19(8-13-23)16-21(3)10-6-11-22(19)4/h5,14H,1,6-13,15-16H2,2-4H3. The number of nitrogens with zero attached hydrogens (tertiary/aromatic N) is 5. The van der Waals surface area contributed by atoms with E-state index in [4.69, 9.17) is 0 Å². The molecule has 0 aliphatic carbocycles. The lowest BCUT2D eigenvalue weighted by Crippen LogP contribution is -2.57. The second-order valence-electron chi connectivity index (χ2n) is 7.74. The number of allylic oxidation sites excluding steroid dienone is 1. The first-order chi connectivity index (χ1) is 11.5. The lowest BCUT2D eigenvalue weighted by molar-refractivity contribution is 0.0295. The fraction of sp³-hybridized carbons (Fsp3) is 0.737. The Hall–Kier alpha value is -1.17. The minimum Gasteiger partial charge on any atom is -0.304 e. The van der Waals surface area contributed by atoms with Gasteiger partial charge in [-0.3, -0.25) is 14.5 Å². The van der Waals surface area contributed by atoms with E-state index in [1.54, 1.807) is 0 Å². The first-order valence-electron chi connectivity index (χ1n) is 9.28. The van der Waals surface area contributed by atoms with Gasteiger partial charge >= 0.3 is 0 Å². The molecule has 24 heavy (non-hydrogen) atoms. The summed E-state index contributed by atoms with van der Waals surface area (Å²) in [7, 11) is 4.61. The van der Waals surface area contributed by atoms with Crippen LogP contribution in [0.15, 0.2) is 18.9 Å². The predicted octanol–water partition coefficient (Wildman–Crippen LogP) is 1.98. The van der Waals surface area contributed by atoms with Gasteiger partial charge in [-0.2, -0.15) is 5.10 Å². The maximum atomic E-state index is 4.49. The maximum absolute atomic E-state index is 4.49. The smallest absolute Gasteiger partial charge is 0.0590 e. The Labute approximate surface area is 146 Å². The van der Waals surface area contributed by atoms with E-state index in [0.29, 0.717) is 5.54 Å². The highest BCUT2D eigenvalue weighted by atomic mass is 15.3. The molecular weight excluding hydrogens is 298 g/mol. The van der Waals surface area contributed by atoms with Crippen LogP contribution in [0.25, 0.3) is 0 Å². The molecule has 3 rings (SSSR count). The molecule has 0 atom stereocenters. The molecule has 134 valence electrons. The van der Waals surface area contributed by atoms with Crippen molar-refractivity contribution in [2.45, 2.75) is 44.8 Å². The molecule has 1 spiro atoms. The van der Waals surface area contributed by atoms with Crippen molar-refractivity contribution in [3.63, 3.8) is 0 Å². The van der Waals surface area contributed by atoms with E-state index in [9.17, 15) is 0 Å². The van der Waals surface area contributed by atoms with Crippen molar-refractivity contribution in [2.24, 2.45) is 0 Å². The molecule has 0 bridgehead atoms. The Bertz CT molecular complexity index is 556. The topological polar surface area (TPSA) is 27.5 Å². The van der Waals surface area contributed by atoms with E-state index in [2.05, 4.69) is 47.4 Å². The van der Waals surface area contributed by atoms with E-state index in [-0.39, 0.29) is 0 Å². The van der Waals surface area contributed by atoms with Crippen molar-refractivity contribution in [1.82, 2.24) is 24.5 Å². The minimum atomic E-state index is 0.379. The molecule has 1 aromatic rings. The van der Waals surface area contributed by atoms with Gasteiger partial charge in [0.1, 0.15) is 0 Å². The molecule has 0 amide bonds. The number of piperidine rings is 1. The summed E-state index contributed by atoms with van der Waals surface area (Å²) in [5.74, 6) is 0. The van der Waals surface area contributed by atoms with E-state index in [1.807, 2.05) is 17.0 Å². The van der Waals surface area contributed by atoms with Crippen molar-refractivity contribution in [1.29, 1.82) is 0 Å². The average molecular weight is 332 g/mol. The number of hydrogen-bond acceptors (Lipinski definition) is 4. The first-order valence-corrected chi connectivity index (χ1v) is 9.28. The zero-order chi connectivity index (χ0) is 17.2. The van der Waals surface area contributed by atoms with Crippen LogP contribution in [0.2, 0.25) is 0 Å². The Morgan fingerprint density at radius 3 is 2.67 bits per heavy atom.